The van der Waals surface area contributed by atoms with E-state index in [1.165, 1.54) is 19.3 Å². The van der Waals surface area contributed by atoms with E-state index in [1.807, 2.05) is 24.4 Å². The number of carbonyl (C=O) groups excluding carboxylic acids is 1. The van der Waals surface area contributed by atoms with Gasteiger partial charge >= 0.3 is 5.97 Å². The van der Waals surface area contributed by atoms with E-state index in [0.717, 1.165) is 46.6 Å². The zero-order valence-corrected chi connectivity index (χ0v) is 18.5. The Balaban J connectivity index is 1.94. The van der Waals surface area contributed by atoms with E-state index < -0.39 is 6.04 Å². The van der Waals surface area contributed by atoms with Crippen molar-refractivity contribution in [3.8, 4) is 16.9 Å². The number of hydrogen-bond donors (Lipinski definition) is 0. The Morgan fingerprint density at radius 2 is 1.90 bits per heavy atom. The summed E-state index contributed by atoms with van der Waals surface area (Å²) in [6.07, 6.45) is 7.75. The summed E-state index contributed by atoms with van der Waals surface area (Å²) in [5.74, 6) is 0.811. The number of aromatic nitrogens is 1. The van der Waals surface area contributed by atoms with Gasteiger partial charge in [0.25, 0.3) is 5.56 Å². The van der Waals surface area contributed by atoms with Gasteiger partial charge in [-0.25, -0.2) is 0 Å². The maximum Gasteiger partial charge on any atom is 0.308 e. The van der Waals surface area contributed by atoms with E-state index in [2.05, 4.69) is 0 Å². The van der Waals surface area contributed by atoms with Crippen LogP contribution in [0.25, 0.3) is 11.1 Å². The van der Waals surface area contributed by atoms with Crippen molar-refractivity contribution in [2.75, 3.05) is 13.7 Å². The molecule has 1 unspecified atom stereocenters. The van der Waals surface area contributed by atoms with Crippen molar-refractivity contribution < 1.29 is 14.3 Å². The van der Waals surface area contributed by atoms with Crippen LogP contribution in [-0.4, -0.2) is 30.0 Å². The molecule has 0 spiro atoms. The van der Waals surface area contributed by atoms with Gasteiger partial charge in [0.1, 0.15) is 5.75 Å². The predicted molar refractivity (Wildman–Crippen MR) is 121 cm³/mol. The lowest BCUT2D eigenvalue weighted by Gasteiger charge is -2.25. The second kappa shape index (κ2) is 9.08. The average molecular weight is 423 g/mol. The number of methoxy groups -OCH3 is 1. The number of ether oxygens (including phenoxy) is 2. The van der Waals surface area contributed by atoms with Crippen LogP contribution < -0.4 is 10.3 Å². The highest BCUT2D eigenvalue weighted by molar-refractivity contribution is 6.09. The Morgan fingerprint density at radius 1 is 1.13 bits per heavy atom. The molecule has 1 aromatic carbocycles. The molecule has 31 heavy (non-hydrogen) atoms. The van der Waals surface area contributed by atoms with E-state index in [-0.39, 0.29) is 17.9 Å². The second-order valence-corrected chi connectivity index (χ2v) is 8.38. The number of carbonyl (C=O) groups is 1. The number of nitrogens with zero attached hydrogens (tertiary/aromatic N) is 2. The standard InChI is InChI=1S/C25H30N2O4/c1-4-31-24(29)14-22-19-13-23(28)27(2)15-21(19)18-11-10-17(30-3)12-20(18)25(26-22)16-8-6-5-7-9-16/h10-13,15-16,22H,4-9,14H2,1-3H3. The van der Waals surface area contributed by atoms with Gasteiger partial charge in [0.15, 0.2) is 0 Å². The van der Waals surface area contributed by atoms with Crippen molar-refractivity contribution in [1.82, 2.24) is 4.57 Å². The third-order valence-electron chi connectivity index (χ3n) is 6.36. The topological polar surface area (TPSA) is 69.9 Å². The molecule has 4 rings (SSSR count). The number of benzene rings is 1. The molecular weight excluding hydrogens is 392 g/mol. The Morgan fingerprint density at radius 3 is 2.61 bits per heavy atom. The molecule has 1 aliphatic heterocycles. The molecule has 1 saturated carbocycles. The van der Waals surface area contributed by atoms with Crippen LogP contribution in [0.1, 0.15) is 62.6 Å². The molecule has 0 N–H and O–H groups in total. The summed E-state index contributed by atoms with van der Waals surface area (Å²) in [7, 11) is 3.41. The van der Waals surface area contributed by atoms with Crippen molar-refractivity contribution in [3.05, 3.63) is 51.9 Å². The molecule has 164 valence electrons. The fourth-order valence-electron chi connectivity index (χ4n) is 4.78. The van der Waals surface area contributed by atoms with E-state index in [0.29, 0.717) is 12.5 Å². The van der Waals surface area contributed by atoms with Gasteiger partial charge in [0.05, 0.1) is 26.2 Å². The predicted octanol–water partition coefficient (Wildman–Crippen LogP) is 4.44. The summed E-state index contributed by atoms with van der Waals surface area (Å²) in [5.41, 5.74) is 4.70. The van der Waals surface area contributed by atoms with Crippen molar-refractivity contribution >= 4 is 11.7 Å². The number of aliphatic imine (C=N–C) groups is 1. The number of fused-ring (bicyclic) bond motifs is 3. The van der Waals surface area contributed by atoms with E-state index >= 15 is 0 Å². The largest absolute Gasteiger partial charge is 0.497 e. The Labute approximate surface area is 182 Å². The highest BCUT2D eigenvalue weighted by atomic mass is 16.5. The van der Waals surface area contributed by atoms with Gasteiger partial charge in [-0.05, 0) is 49.1 Å². The van der Waals surface area contributed by atoms with Crippen LogP contribution in [0.2, 0.25) is 0 Å². The number of esters is 1. The fraction of sp³-hybridized carbons (Fsp3) is 0.480. The van der Waals surface area contributed by atoms with Crippen molar-refractivity contribution in [2.24, 2.45) is 18.0 Å². The molecule has 1 aromatic heterocycles. The van der Waals surface area contributed by atoms with Crippen molar-refractivity contribution in [1.29, 1.82) is 0 Å². The fourth-order valence-corrected chi connectivity index (χ4v) is 4.78. The molecule has 0 bridgehead atoms. The van der Waals surface area contributed by atoms with E-state index in [1.54, 1.807) is 31.7 Å². The van der Waals surface area contributed by atoms with Crippen LogP contribution in [0.3, 0.4) is 0 Å². The highest BCUT2D eigenvalue weighted by Gasteiger charge is 2.31. The summed E-state index contributed by atoms with van der Waals surface area (Å²) in [5, 5.41) is 0. The molecule has 1 fully saturated rings. The van der Waals surface area contributed by atoms with Gasteiger partial charge in [-0.2, -0.15) is 0 Å². The summed E-state index contributed by atoms with van der Waals surface area (Å²) in [4.78, 5) is 30.1. The van der Waals surface area contributed by atoms with E-state index in [9.17, 15) is 9.59 Å². The summed E-state index contributed by atoms with van der Waals surface area (Å²) in [6, 6.07) is 7.21. The Hall–Kier alpha value is -2.89. The van der Waals surface area contributed by atoms with Gasteiger partial charge in [-0.1, -0.05) is 19.3 Å². The number of rotatable bonds is 5. The zero-order chi connectivity index (χ0) is 22.0. The monoisotopic (exact) mass is 422 g/mol. The molecule has 1 atom stereocenters. The smallest absolute Gasteiger partial charge is 0.308 e. The molecule has 0 saturated heterocycles. The van der Waals surface area contributed by atoms with Crippen LogP contribution in [0.15, 0.2) is 40.2 Å². The summed E-state index contributed by atoms with van der Waals surface area (Å²) < 4.78 is 12.3. The lowest BCUT2D eigenvalue weighted by molar-refractivity contribution is -0.143. The average Bonchev–Trinajstić information content (AvgIpc) is 2.90. The van der Waals surface area contributed by atoms with Crippen molar-refractivity contribution in [3.63, 3.8) is 0 Å². The zero-order valence-electron chi connectivity index (χ0n) is 18.5. The van der Waals surface area contributed by atoms with Gasteiger partial charge in [0.2, 0.25) is 0 Å². The molecular formula is C25H30N2O4. The normalized spacial score (nSPS) is 18.4. The van der Waals surface area contributed by atoms with Gasteiger partial charge in [0, 0.05) is 42.1 Å². The molecule has 0 radical (unpaired) electrons. The molecule has 2 aromatic rings. The highest BCUT2D eigenvalue weighted by Crippen LogP contribution is 2.41. The third kappa shape index (κ3) is 4.29. The third-order valence-corrected chi connectivity index (χ3v) is 6.36. The minimum Gasteiger partial charge on any atom is -0.497 e. The van der Waals surface area contributed by atoms with E-state index in [4.69, 9.17) is 14.5 Å². The minimum atomic E-state index is -0.446. The Bertz CT molecular complexity index is 1060. The van der Waals surface area contributed by atoms with Gasteiger partial charge in [-0.3, -0.25) is 14.6 Å². The first kappa shape index (κ1) is 21.3. The second-order valence-electron chi connectivity index (χ2n) is 8.38. The lowest BCUT2D eigenvalue weighted by Crippen LogP contribution is -2.21. The first-order valence-electron chi connectivity index (χ1n) is 11.1. The van der Waals surface area contributed by atoms with Crippen LogP contribution in [0, 0.1) is 5.92 Å². The van der Waals surface area contributed by atoms with Crippen LogP contribution in [0.5, 0.6) is 5.75 Å². The number of pyridine rings is 1. The van der Waals surface area contributed by atoms with Crippen LogP contribution >= 0.6 is 0 Å². The molecule has 6 heteroatoms. The number of hydrogen-bond acceptors (Lipinski definition) is 5. The number of aryl methyl sites for hydroxylation is 1. The SMILES string of the molecule is CCOC(=O)CC1N=C(C2CCCCC2)c2cc(OC)ccc2-c2cn(C)c(=O)cc21. The van der Waals surface area contributed by atoms with Gasteiger partial charge < -0.3 is 14.0 Å². The maximum atomic E-state index is 12.5. The quantitative estimate of drug-likeness (QED) is 0.668. The van der Waals surface area contributed by atoms with Crippen LogP contribution in [-0.2, 0) is 16.6 Å². The van der Waals surface area contributed by atoms with Crippen molar-refractivity contribution in [2.45, 2.75) is 51.5 Å². The summed E-state index contributed by atoms with van der Waals surface area (Å²) in [6.45, 7) is 2.12. The van der Waals surface area contributed by atoms with Crippen LogP contribution in [0.4, 0.5) is 0 Å². The molecule has 6 nitrogen and oxygen atoms in total. The van der Waals surface area contributed by atoms with Gasteiger partial charge in [-0.15, -0.1) is 0 Å². The first-order chi connectivity index (χ1) is 15.0. The first-order valence-corrected chi connectivity index (χ1v) is 11.1. The summed E-state index contributed by atoms with van der Waals surface area (Å²) >= 11 is 0. The maximum absolute atomic E-state index is 12.5. The Kier molecular flexibility index (Phi) is 6.25. The molecule has 2 heterocycles. The lowest BCUT2D eigenvalue weighted by atomic mass is 9.81. The molecule has 0 amide bonds. The molecule has 1 aliphatic carbocycles. The molecule has 2 aliphatic rings. The minimum absolute atomic E-state index is 0.112.